The average molecular weight is 336 g/mol. The summed E-state index contributed by atoms with van der Waals surface area (Å²) < 4.78 is 1.65. The van der Waals surface area contributed by atoms with Crippen LogP contribution in [0.5, 0.6) is 0 Å². The van der Waals surface area contributed by atoms with Crippen LogP contribution in [0.1, 0.15) is 18.5 Å². The second-order valence-electron chi connectivity index (χ2n) is 6.56. The molecule has 4 rings (SSSR count). The third kappa shape index (κ3) is 3.41. The number of Topliss-reactive ketones (excluding diaryl/α,β-unsaturated/α-hetero) is 1. The first-order chi connectivity index (χ1) is 12.2. The monoisotopic (exact) mass is 336 g/mol. The van der Waals surface area contributed by atoms with E-state index >= 15 is 0 Å². The van der Waals surface area contributed by atoms with Gasteiger partial charge in [-0.15, -0.1) is 5.10 Å². The Morgan fingerprint density at radius 2 is 2.12 bits per heavy atom. The van der Waals surface area contributed by atoms with E-state index in [0.29, 0.717) is 6.42 Å². The lowest BCUT2D eigenvalue weighted by atomic mass is 9.92. The maximum atomic E-state index is 12.5. The third-order valence-corrected chi connectivity index (χ3v) is 4.63. The molecule has 3 aromatic rings. The van der Waals surface area contributed by atoms with Gasteiger partial charge in [-0.3, -0.25) is 19.4 Å². The van der Waals surface area contributed by atoms with Gasteiger partial charge in [0.2, 0.25) is 0 Å². The summed E-state index contributed by atoms with van der Waals surface area (Å²) in [5, 5.41) is 13.3. The van der Waals surface area contributed by atoms with Gasteiger partial charge in [0.05, 0.1) is 11.9 Å². The number of nitrogens with one attached hydrogen (secondary N) is 1. The van der Waals surface area contributed by atoms with Crippen LogP contribution >= 0.6 is 0 Å². The number of carbonyl (C=O) groups excluding carboxylic acids is 1. The van der Waals surface area contributed by atoms with E-state index in [4.69, 9.17) is 0 Å². The Labute approximate surface area is 145 Å². The maximum absolute atomic E-state index is 12.5. The van der Waals surface area contributed by atoms with Gasteiger partial charge in [-0.1, -0.05) is 5.21 Å². The van der Waals surface area contributed by atoms with E-state index in [1.807, 2.05) is 25.4 Å². The fraction of sp³-hybridized carbons (Fsp3) is 0.389. The van der Waals surface area contributed by atoms with Gasteiger partial charge in [-0.2, -0.15) is 0 Å². The van der Waals surface area contributed by atoms with Gasteiger partial charge in [0.25, 0.3) is 0 Å². The van der Waals surface area contributed by atoms with Crippen molar-refractivity contribution in [2.24, 2.45) is 13.0 Å². The van der Waals surface area contributed by atoms with E-state index in [1.165, 1.54) is 0 Å². The molecule has 0 aliphatic carbocycles. The van der Waals surface area contributed by atoms with Crippen LogP contribution in [0.2, 0.25) is 0 Å². The molecule has 0 unspecified atom stereocenters. The zero-order chi connectivity index (χ0) is 17.2. The molecular formula is C18H20N6O. The SMILES string of the molecule is Cn1cc(-c2cc3cc(CC(=O)[C@@H]4CCCNC4)ncc3cn2)nn1. The van der Waals surface area contributed by atoms with E-state index in [1.54, 1.807) is 17.1 Å². The zero-order valence-corrected chi connectivity index (χ0v) is 14.1. The lowest BCUT2D eigenvalue weighted by Crippen LogP contribution is -2.35. The number of piperidine rings is 1. The third-order valence-electron chi connectivity index (χ3n) is 4.63. The highest BCUT2D eigenvalue weighted by molar-refractivity contribution is 5.87. The minimum atomic E-state index is 0.110. The summed E-state index contributed by atoms with van der Waals surface area (Å²) in [5.41, 5.74) is 2.30. The lowest BCUT2D eigenvalue weighted by Gasteiger charge is -2.21. The largest absolute Gasteiger partial charge is 0.316 e. The fourth-order valence-corrected chi connectivity index (χ4v) is 3.23. The first-order valence-corrected chi connectivity index (χ1v) is 8.54. The molecule has 1 atom stereocenters. The number of hydrogen-bond donors (Lipinski definition) is 1. The Morgan fingerprint density at radius 1 is 1.24 bits per heavy atom. The number of pyridine rings is 2. The number of fused-ring (bicyclic) bond motifs is 1. The summed E-state index contributed by atoms with van der Waals surface area (Å²) in [6.07, 6.45) is 7.81. The summed E-state index contributed by atoms with van der Waals surface area (Å²) in [6.45, 7) is 1.79. The summed E-state index contributed by atoms with van der Waals surface area (Å²) in [5.74, 6) is 0.376. The molecule has 7 nitrogen and oxygen atoms in total. The van der Waals surface area contributed by atoms with Gasteiger partial charge in [0.1, 0.15) is 11.5 Å². The molecular weight excluding hydrogens is 316 g/mol. The molecule has 1 aliphatic heterocycles. The van der Waals surface area contributed by atoms with Crippen molar-refractivity contribution in [2.75, 3.05) is 13.1 Å². The number of aromatic nitrogens is 5. The summed E-state index contributed by atoms with van der Waals surface area (Å²) >= 11 is 0. The predicted octanol–water partition coefficient (Wildman–Crippen LogP) is 1.54. The summed E-state index contributed by atoms with van der Waals surface area (Å²) in [7, 11) is 1.82. The fourth-order valence-electron chi connectivity index (χ4n) is 3.23. The molecule has 7 heteroatoms. The second kappa shape index (κ2) is 6.68. The molecule has 3 aromatic heterocycles. The number of hydrogen-bond acceptors (Lipinski definition) is 6. The van der Waals surface area contributed by atoms with E-state index in [2.05, 4.69) is 25.6 Å². The normalized spacial score (nSPS) is 17.7. The van der Waals surface area contributed by atoms with Crippen LogP contribution in [-0.2, 0) is 18.3 Å². The topological polar surface area (TPSA) is 85.6 Å². The van der Waals surface area contributed by atoms with Crippen molar-refractivity contribution in [1.29, 1.82) is 0 Å². The number of carbonyl (C=O) groups is 1. The van der Waals surface area contributed by atoms with Gasteiger partial charge >= 0.3 is 0 Å². The van der Waals surface area contributed by atoms with Gasteiger partial charge in [0.15, 0.2) is 0 Å². The van der Waals surface area contributed by atoms with Crippen molar-refractivity contribution in [1.82, 2.24) is 30.3 Å². The quantitative estimate of drug-likeness (QED) is 0.778. The van der Waals surface area contributed by atoms with Crippen LogP contribution in [0.4, 0.5) is 0 Å². The Hall–Kier alpha value is -2.67. The van der Waals surface area contributed by atoms with Crippen LogP contribution in [0.3, 0.4) is 0 Å². The highest BCUT2D eigenvalue weighted by atomic mass is 16.1. The molecule has 128 valence electrons. The smallest absolute Gasteiger partial charge is 0.143 e. The maximum Gasteiger partial charge on any atom is 0.143 e. The van der Waals surface area contributed by atoms with Crippen molar-refractivity contribution < 1.29 is 4.79 Å². The van der Waals surface area contributed by atoms with Gasteiger partial charge in [0, 0.05) is 49.4 Å². The Balaban J connectivity index is 1.59. The second-order valence-corrected chi connectivity index (χ2v) is 6.56. The standard InChI is InChI=1S/C18H20N6O/c1-24-11-17(22-23-24)16-6-13-5-15(20-9-14(13)10-21-16)7-18(25)12-3-2-4-19-8-12/h5-6,9-12,19H,2-4,7-8H2,1H3/t12-/m1/s1. The van der Waals surface area contributed by atoms with Crippen LogP contribution < -0.4 is 5.32 Å². The molecule has 1 saturated heterocycles. The summed E-state index contributed by atoms with van der Waals surface area (Å²) in [4.78, 5) is 21.3. The van der Waals surface area contributed by atoms with Crippen LogP contribution in [0.15, 0.2) is 30.7 Å². The van der Waals surface area contributed by atoms with Gasteiger partial charge < -0.3 is 5.32 Å². The highest BCUT2D eigenvalue weighted by Crippen LogP contribution is 2.21. The van der Waals surface area contributed by atoms with E-state index in [-0.39, 0.29) is 11.7 Å². The Bertz CT molecular complexity index is 913. The molecule has 4 heterocycles. The van der Waals surface area contributed by atoms with E-state index in [0.717, 1.165) is 53.8 Å². The van der Waals surface area contributed by atoms with Crippen LogP contribution in [0.25, 0.3) is 22.2 Å². The molecule has 0 aromatic carbocycles. The number of rotatable bonds is 4. The Kier molecular flexibility index (Phi) is 4.23. The van der Waals surface area contributed by atoms with Gasteiger partial charge in [-0.25, -0.2) is 0 Å². The van der Waals surface area contributed by atoms with E-state index in [9.17, 15) is 4.79 Å². The van der Waals surface area contributed by atoms with Crippen molar-refractivity contribution in [3.8, 4) is 11.4 Å². The molecule has 0 radical (unpaired) electrons. The average Bonchev–Trinajstić information content (AvgIpc) is 3.08. The first-order valence-electron chi connectivity index (χ1n) is 8.54. The molecule has 0 saturated carbocycles. The Morgan fingerprint density at radius 3 is 2.88 bits per heavy atom. The van der Waals surface area contributed by atoms with Crippen molar-refractivity contribution in [3.63, 3.8) is 0 Å². The van der Waals surface area contributed by atoms with Crippen molar-refractivity contribution in [2.45, 2.75) is 19.3 Å². The molecule has 1 N–H and O–H groups in total. The van der Waals surface area contributed by atoms with E-state index < -0.39 is 0 Å². The number of ketones is 1. The number of aryl methyl sites for hydroxylation is 1. The molecule has 1 fully saturated rings. The molecule has 1 aliphatic rings. The lowest BCUT2D eigenvalue weighted by molar-refractivity contribution is -0.122. The van der Waals surface area contributed by atoms with Crippen molar-refractivity contribution in [3.05, 3.63) is 36.4 Å². The highest BCUT2D eigenvalue weighted by Gasteiger charge is 2.21. The summed E-state index contributed by atoms with van der Waals surface area (Å²) in [6, 6.07) is 3.95. The number of nitrogens with zero attached hydrogens (tertiary/aromatic N) is 5. The van der Waals surface area contributed by atoms with Gasteiger partial charge in [-0.05, 0) is 36.9 Å². The van der Waals surface area contributed by atoms with Crippen LogP contribution in [0, 0.1) is 5.92 Å². The zero-order valence-electron chi connectivity index (χ0n) is 14.1. The minimum absolute atomic E-state index is 0.110. The molecule has 0 bridgehead atoms. The molecule has 0 amide bonds. The predicted molar refractivity (Wildman–Crippen MR) is 93.8 cm³/mol. The minimum Gasteiger partial charge on any atom is -0.316 e. The van der Waals surface area contributed by atoms with Crippen LogP contribution in [-0.4, -0.2) is 43.8 Å². The molecule has 25 heavy (non-hydrogen) atoms. The molecule has 0 spiro atoms. The first kappa shape index (κ1) is 15.8. The van der Waals surface area contributed by atoms with Crippen molar-refractivity contribution >= 4 is 16.6 Å².